The third-order valence-corrected chi connectivity index (χ3v) is 0. The van der Waals surface area contributed by atoms with E-state index in [1.165, 1.54) is 0 Å². The van der Waals surface area contributed by atoms with E-state index in [1.54, 1.807) is 0 Å². The maximum atomic E-state index is 7.14. The largest absolute Gasteiger partial charge is 0.442 e. The Hall–Kier alpha value is 1.05. The monoisotopic (exact) mass is 156 g/mol. The fraction of sp³-hybridized carbons (Fsp3) is 0. The molecule has 0 unspecified atom stereocenters. The Bertz CT molecular complexity index is 6.85. The van der Waals surface area contributed by atoms with Gasteiger partial charge in [-0.2, -0.15) is 0 Å². The van der Waals surface area contributed by atoms with Gasteiger partial charge >= 0.3 is 0 Å². The molecule has 5 heteroatoms. The van der Waals surface area contributed by atoms with E-state index in [2.05, 4.69) is 0 Å². The highest BCUT2D eigenvalue weighted by Crippen LogP contribution is 0.692. The van der Waals surface area contributed by atoms with Crippen LogP contribution >= 0.6 is 37.2 Å². The van der Waals surface area contributed by atoms with Crippen LogP contribution < -0.4 is 0 Å². The van der Waals surface area contributed by atoms with Crippen molar-refractivity contribution >= 4 is 47.7 Å². The lowest BCUT2D eigenvalue weighted by molar-refractivity contribution is 0.629. The summed E-state index contributed by atoms with van der Waals surface area (Å²) in [7, 11) is 0.306. The third kappa shape index (κ3) is 42.8. The van der Waals surface area contributed by atoms with Gasteiger partial charge < -0.3 is 4.80 Å². The standard InChI is InChI=1S/3ClH.H4OSi/c;;;1-2/h3*1H;1H,2H3. The van der Waals surface area contributed by atoms with E-state index in [-0.39, 0.29) is 37.2 Å². The highest BCUT2D eigenvalue weighted by atomic mass is 35.5. The van der Waals surface area contributed by atoms with Crippen LogP contribution in [0.5, 0.6) is 0 Å². The molecule has 0 fully saturated rings. The van der Waals surface area contributed by atoms with Crippen molar-refractivity contribution in [1.82, 2.24) is 0 Å². The van der Waals surface area contributed by atoms with Crippen LogP contribution in [0.2, 0.25) is 0 Å². The first-order valence-electron chi connectivity index (χ1n) is 0.447. The second kappa shape index (κ2) is 75.4. The van der Waals surface area contributed by atoms with Crippen LogP contribution in [0.15, 0.2) is 0 Å². The lowest BCUT2D eigenvalue weighted by Crippen LogP contribution is -1.34. The molecule has 0 aromatic carbocycles. The molecule has 0 aliphatic rings. The molecule has 5 heavy (non-hydrogen) atoms. The van der Waals surface area contributed by atoms with Crippen molar-refractivity contribution in [3.05, 3.63) is 0 Å². The van der Waals surface area contributed by atoms with Crippen molar-refractivity contribution < 1.29 is 4.80 Å². The lowest BCUT2D eigenvalue weighted by Gasteiger charge is -1.19. The Morgan fingerprint density at radius 1 is 0.800 bits per heavy atom. The summed E-state index contributed by atoms with van der Waals surface area (Å²) in [4.78, 5) is 7.14. The van der Waals surface area contributed by atoms with E-state index in [0.29, 0.717) is 10.5 Å². The summed E-state index contributed by atoms with van der Waals surface area (Å²) in [6.45, 7) is 0. The Kier molecular flexibility index (Phi) is 554. The summed E-state index contributed by atoms with van der Waals surface area (Å²) < 4.78 is 0. The number of rotatable bonds is 0. The van der Waals surface area contributed by atoms with Crippen LogP contribution in [0.4, 0.5) is 0 Å². The van der Waals surface area contributed by atoms with Crippen molar-refractivity contribution in [3.8, 4) is 0 Å². The van der Waals surface area contributed by atoms with Gasteiger partial charge in [0.1, 0.15) is 10.5 Å². The summed E-state index contributed by atoms with van der Waals surface area (Å²) >= 11 is 0. The van der Waals surface area contributed by atoms with Crippen LogP contribution in [-0.4, -0.2) is 15.3 Å². The lowest BCUT2D eigenvalue weighted by atomic mass is 15.9. The van der Waals surface area contributed by atoms with E-state index in [0.717, 1.165) is 0 Å². The van der Waals surface area contributed by atoms with E-state index in [4.69, 9.17) is 4.80 Å². The fourth-order valence-corrected chi connectivity index (χ4v) is 0. The molecule has 0 bridgehead atoms. The van der Waals surface area contributed by atoms with E-state index in [9.17, 15) is 0 Å². The molecule has 0 aromatic rings. The fourth-order valence-electron chi connectivity index (χ4n) is 0. The smallest absolute Gasteiger partial charge is 0.141 e. The molecule has 0 saturated heterocycles. The van der Waals surface area contributed by atoms with Gasteiger partial charge in [-0.1, -0.05) is 0 Å². The molecule has 0 amide bonds. The van der Waals surface area contributed by atoms with Crippen molar-refractivity contribution in [2.75, 3.05) is 0 Å². The van der Waals surface area contributed by atoms with Crippen LogP contribution in [0.1, 0.15) is 0 Å². The van der Waals surface area contributed by atoms with Gasteiger partial charge in [-0.25, -0.2) is 0 Å². The van der Waals surface area contributed by atoms with Gasteiger partial charge in [-0.05, 0) is 0 Å². The summed E-state index contributed by atoms with van der Waals surface area (Å²) in [5.74, 6) is 0. The summed E-state index contributed by atoms with van der Waals surface area (Å²) in [6, 6.07) is 0. The zero-order valence-corrected chi connectivity index (χ0v) is 7.12. The van der Waals surface area contributed by atoms with Crippen LogP contribution in [0.25, 0.3) is 0 Å². The molecular formula is H7Cl3OSi. The van der Waals surface area contributed by atoms with Gasteiger partial charge in [0.25, 0.3) is 0 Å². The summed E-state index contributed by atoms with van der Waals surface area (Å²) in [5, 5.41) is 0. The van der Waals surface area contributed by atoms with Gasteiger partial charge in [0.15, 0.2) is 0 Å². The Balaban J connectivity index is -0.00000000167. The first-order valence-corrected chi connectivity index (χ1v) is 1.34. The van der Waals surface area contributed by atoms with Gasteiger partial charge in [0.2, 0.25) is 0 Å². The quantitative estimate of drug-likeness (QED) is 0.471. The van der Waals surface area contributed by atoms with Gasteiger partial charge in [0.05, 0.1) is 0 Å². The minimum absolute atomic E-state index is 0. The van der Waals surface area contributed by atoms with Crippen molar-refractivity contribution in [1.29, 1.82) is 0 Å². The second-order valence-corrected chi connectivity index (χ2v) is 0. The second-order valence-electron chi connectivity index (χ2n) is 0. The average Bonchev–Trinajstić information content (AvgIpc) is 1.00. The molecular weight excluding hydrogens is 150 g/mol. The average molecular weight is 158 g/mol. The molecule has 0 spiro atoms. The summed E-state index contributed by atoms with van der Waals surface area (Å²) in [6.07, 6.45) is 0. The molecule has 38 valence electrons. The van der Waals surface area contributed by atoms with Crippen LogP contribution in [0.3, 0.4) is 0 Å². The zero-order chi connectivity index (χ0) is 2.00. The summed E-state index contributed by atoms with van der Waals surface area (Å²) in [5.41, 5.74) is 0. The minimum atomic E-state index is 0. The van der Waals surface area contributed by atoms with Crippen molar-refractivity contribution in [2.45, 2.75) is 0 Å². The van der Waals surface area contributed by atoms with Gasteiger partial charge in [-0.15, -0.1) is 37.2 Å². The molecule has 0 atom stereocenters. The Morgan fingerprint density at radius 3 is 0.800 bits per heavy atom. The molecule has 0 aliphatic carbocycles. The highest BCUT2D eigenvalue weighted by Gasteiger charge is 0.891. The molecule has 0 heterocycles. The molecule has 1 nitrogen and oxygen atoms in total. The molecule has 0 aromatic heterocycles. The predicted octanol–water partition coefficient (Wildman–Crippen LogP) is -0.475. The zero-order valence-electron chi connectivity index (χ0n) is 2.67. The van der Waals surface area contributed by atoms with Crippen molar-refractivity contribution in [2.24, 2.45) is 0 Å². The maximum absolute atomic E-state index is 7.14. The first-order chi connectivity index (χ1) is 1.00. The molecule has 0 rings (SSSR count). The maximum Gasteiger partial charge on any atom is 0.141 e. The number of hydrogen-bond acceptors (Lipinski definition) is 1. The molecule has 0 radical (unpaired) electrons. The minimum Gasteiger partial charge on any atom is -0.442 e. The topological polar surface area (TPSA) is 20.2 Å². The number of hydrogen-bond donors (Lipinski definition) is 1. The normalized spacial score (nSPS) is 1.80. The van der Waals surface area contributed by atoms with Gasteiger partial charge in [-0.3, -0.25) is 0 Å². The molecule has 0 aliphatic heterocycles. The van der Waals surface area contributed by atoms with E-state index in [1.807, 2.05) is 0 Å². The van der Waals surface area contributed by atoms with E-state index < -0.39 is 0 Å². The van der Waals surface area contributed by atoms with Crippen LogP contribution in [0, 0.1) is 0 Å². The highest BCUT2D eigenvalue weighted by molar-refractivity contribution is 5.95. The number of halogens is 3. The van der Waals surface area contributed by atoms with E-state index >= 15 is 0 Å². The van der Waals surface area contributed by atoms with Crippen molar-refractivity contribution in [3.63, 3.8) is 0 Å². The predicted molar refractivity (Wildman–Crippen MR) is 33.9 cm³/mol. The molecule has 0 saturated carbocycles. The third-order valence-electron chi connectivity index (χ3n) is 0. The Labute approximate surface area is 52.9 Å². The SMILES string of the molecule is Cl.Cl.Cl.O[SiH3]. The Morgan fingerprint density at radius 2 is 0.800 bits per heavy atom. The molecule has 1 N–H and O–H groups in total. The first kappa shape index (κ1) is 36.8. The van der Waals surface area contributed by atoms with Crippen LogP contribution in [-0.2, 0) is 0 Å². The van der Waals surface area contributed by atoms with Gasteiger partial charge in [0, 0.05) is 0 Å².